The molecule has 1 aliphatic rings. The van der Waals surface area contributed by atoms with Gasteiger partial charge in [0, 0.05) is 43.3 Å². The standard InChI is InChI=1S/C21H26BrN3O2/c1-16-14-18(22)15-23-21(16)25-11-3-10-24(12-13-25)20(26)9-6-17-4-7-19(27-2)8-5-17/h4-5,7-8,14-15H,3,6,9-13H2,1-2H3. The van der Waals surface area contributed by atoms with Gasteiger partial charge in [0.25, 0.3) is 0 Å². The third-order valence-electron chi connectivity index (χ3n) is 4.95. The largest absolute Gasteiger partial charge is 0.497 e. The summed E-state index contributed by atoms with van der Waals surface area (Å²) in [4.78, 5) is 21.5. The van der Waals surface area contributed by atoms with Crippen LogP contribution in [0.5, 0.6) is 5.75 Å². The van der Waals surface area contributed by atoms with Crippen molar-refractivity contribution in [3.63, 3.8) is 0 Å². The maximum atomic E-state index is 12.7. The molecule has 1 aromatic heterocycles. The zero-order valence-electron chi connectivity index (χ0n) is 15.9. The zero-order chi connectivity index (χ0) is 19.2. The number of pyridine rings is 1. The number of nitrogens with zero attached hydrogens (tertiary/aromatic N) is 3. The van der Waals surface area contributed by atoms with Crippen LogP contribution in [0.2, 0.25) is 0 Å². The Morgan fingerprint density at radius 1 is 1.19 bits per heavy atom. The Balaban J connectivity index is 1.54. The SMILES string of the molecule is COc1ccc(CCC(=O)N2CCCN(c3ncc(Br)cc3C)CC2)cc1. The Kier molecular flexibility index (Phi) is 6.72. The van der Waals surface area contributed by atoms with Gasteiger partial charge in [0.1, 0.15) is 11.6 Å². The molecule has 0 atom stereocenters. The number of rotatable bonds is 5. The number of carbonyl (C=O) groups is 1. The molecule has 0 unspecified atom stereocenters. The summed E-state index contributed by atoms with van der Waals surface area (Å²) in [5.74, 6) is 2.09. The van der Waals surface area contributed by atoms with Crippen molar-refractivity contribution in [1.82, 2.24) is 9.88 Å². The fourth-order valence-electron chi connectivity index (χ4n) is 3.44. The molecule has 0 radical (unpaired) electrons. The van der Waals surface area contributed by atoms with E-state index in [2.05, 4.69) is 38.8 Å². The third kappa shape index (κ3) is 5.22. The first-order valence-corrected chi connectivity index (χ1v) is 10.1. The van der Waals surface area contributed by atoms with Crippen LogP contribution in [0.25, 0.3) is 0 Å². The summed E-state index contributed by atoms with van der Waals surface area (Å²) in [5.41, 5.74) is 2.32. The Bertz CT molecular complexity index is 779. The third-order valence-corrected chi connectivity index (χ3v) is 5.39. The minimum Gasteiger partial charge on any atom is -0.497 e. The lowest BCUT2D eigenvalue weighted by molar-refractivity contribution is -0.130. The number of amides is 1. The van der Waals surface area contributed by atoms with Gasteiger partial charge in [-0.1, -0.05) is 12.1 Å². The molecule has 0 bridgehead atoms. The first kappa shape index (κ1) is 19.7. The molecule has 3 rings (SSSR count). The van der Waals surface area contributed by atoms with E-state index in [-0.39, 0.29) is 5.91 Å². The van der Waals surface area contributed by atoms with E-state index in [1.54, 1.807) is 7.11 Å². The lowest BCUT2D eigenvalue weighted by Gasteiger charge is -2.24. The maximum Gasteiger partial charge on any atom is 0.222 e. The molecule has 0 spiro atoms. The van der Waals surface area contributed by atoms with Crippen LogP contribution in [-0.4, -0.2) is 49.1 Å². The molecule has 6 heteroatoms. The molecule has 0 aliphatic carbocycles. The number of anilines is 1. The molecule has 1 aromatic carbocycles. The van der Waals surface area contributed by atoms with Crippen molar-refractivity contribution in [2.24, 2.45) is 0 Å². The van der Waals surface area contributed by atoms with E-state index in [9.17, 15) is 4.79 Å². The van der Waals surface area contributed by atoms with Crippen LogP contribution in [-0.2, 0) is 11.2 Å². The molecule has 2 heterocycles. The van der Waals surface area contributed by atoms with Crippen molar-refractivity contribution in [2.75, 3.05) is 38.2 Å². The average Bonchev–Trinajstić information content (AvgIpc) is 2.93. The Morgan fingerprint density at radius 2 is 1.96 bits per heavy atom. The lowest BCUT2D eigenvalue weighted by atomic mass is 10.1. The summed E-state index contributed by atoms with van der Waals surface area (Å²) in [5, 5.41) is 0. The molecule has 27 heavy (non-hydrogen) atoms. The van der Waals surface area contributed by atoms with Gasteiger partial charge in [-0.25, -0.2) is 4.98 Å². The molecule has 1 amide bonds. The van der Waals surface area contributed by atoms with Gasteiger partial charge in [-0.15, -0.1) is 0 Å². The van der Waals surface area contributed by atoms with Crippen LogP contribution in [0.1, 0.15) is 24.0 Å². The average molecular weight is 432 g/mol. The fourth-order valence-corrected chi connectivity index (χ4v) is 3.89. The summed E-state index contributed by atoms with van der Waals surface area (Å²) in [7, 11) is 1.66. The molecule has 5 nitrogen and oxygen atoms in total. The summed E-state index contributed by atoms with van der Waals surface area (Å²) >= 11 is 3.47. The second-order valence-electron chi connectivity index (χ2n) is 6.86. The lowest BCUT2D eigenvalue weighted by Crippen LogP contribution is -2.35. The van der Waals surface area contributed by atoms with E-state index in [0.717, 1.165) is 66.2 Å². The molecule has 1 aliphatic heterocycles. The fraction of sp³-hybridized carbons (Fsp3) is 0.429. The quantitative estimate of drug-likeness (QED) is 0.721. The Morgan fingerprint density at radius 3 is 2.67 bits per heavy atom. The number of hydrogen-bond donors (Lipinski definition) is 0. The van der Waals surface area contributed by atoms with Crippen molar-refractivity contribution < 1.29 is 9.53 Å². The van der Waals surface area contributed by atoms with Crippen molar-refractivity contribution in [3.8, 4) is 5.75 Å². The number of halogens is 1. The van der Waals surface area contributed by atoms with Gasteiger partial charge < -0.3 is 14.5 Å². The van der Waals surface area contributed by atoms with Crippen LogP contribution in [0.4, 0.5) is 5.82 Å². The number of aryl methyl sites for hydroxylation is 2. The highest BCUT2D eigenvalue weighted by Gasteiger charge is 2.20. The molecule has 0 saturated carbocycles. The van der Waals surface area contributed by atoms with Crippen molar-refractivity contribution in [2.45, 2.75) is 26.2 Å². The van der Waals surface area contributed by atoms with E-state index in [1.807, 2.05) is 35.4 Å². The number of carbonyl (C=O) groups excluding carboxylic acids is 1. The minimum atomic E-state index is 0.230. The molecule has 144 valence electrons. The smallest absolute Gasteiger partial charge is 0.222 e. The van der Waals surface area contributed by atoms with E-state index < -0.39 is 0 Å². The van der Waals surface area contributed by atoms with Crippen molar-refractivity contribution >= 4 is 27.7 Å². The van der Waals surface area contributed by atoms with Crippen molar-refractivity contribution in [3.05, 3.63) is 52.1 Å². The van der Waals surface area contributed by atoms with Gasteiger partial charge in [0.05, 0.1) is 7.11 Å². The van der Waals surface area contributed by atoms with E-state index >= 15 is 0 Å². The zero-order valence-corrected chi connectivity index (χ0v) is 17.5. The molecular formula is C21H26BrN3O2. The molecule has 0 N–H and O–H groups in total. The molecular weight excluding hydrogens is 406 g/mol. The summed E-state index contributed by atoms with van der Waals surface area (Å²) < 4.78 is 6.17. The van der Waals surface area contributed by atoms with Crippen LogP contribution in [0.15, 0.2) is 41.0 Å². The van der Waals surface area contributed by atoms with Crippen LogP contribution in [0, 0.1) is 6.92 Å². The van der Waals surface area contributed by atoms with Crippen molar-refractivity contribution in [1.29, 1.82) is 0 Å². The second-order valence-corrected chi connectivity index (χ2v) is 7.78. The number of ether oxygens (including phenoxy) is 1. The van der Waals surface area contributed by atoms with Gasteiger partial charge in [0.15, 0.2) is 0 Å². The van der Waals surface area contributed by atoms with Gasteiger partial charge >= 0.3 is 0 Å². The molecule has 1 saturated heterocycles. The Hall–Kier alpha value is -2.08. The predicted octanol–water partition coefficient (Wildman–Crippen LogP) is 3.83. The Labute approximate surface area is 169 Å². The summed E-state index contributed by atoms with van der Waals surface area (Å²) in [6.07, 6.45) is 4.11. The van der Waals surface area contributed by atoms with E-state index in [4.69, 9.17) is 4.74 Å². The predicted molar refractivity (Wildman–Crippen MR) is 111 cm³/mol. The van der Waals surface area contributed by atoms with Gasteiger partial charge in [0.2, 0.25) is 5.91 Å². The normalized spacial score (nSPS) is 14.8. The number of hydrogen-bond acceptors (Lipinski definition) is 4. The van der Waals surface area contributed by atoms with Crippen LogP contribution < -0.4 is 9.64 Å². The topological polar surface area (TPSA) is 45.7 Å². The highest BCUT2D eigenvalue weighted by molar-refractivity contribution is 9.10. The highest BCUT2D eigenvalue weighted by Crippen LogP contribution is 2.22. The maximum absolute atomic E-state index is 12.7. The number of methoxy groups -OCH3 is 1. The monoisotopic (exact) mass is 431 g/mol. The van der Waals surface area contributed by atoms with E-state index in [1.165, 1.54) is 0 Å². The summed E-state index contributed by atoms with van der Waals surface area (Å²) in [6.45, 7) is 5.39. The van der Waals surface area contributed by atoms with Gasteiger partial charge in [-0.2, -0.15) is 0 Å². The number of benzene rings is 1. The second kappa shape index (κ2) is 9.22. The highest BCUT2D eigenvalue weighted by atomic mass is 79.9. The van der Waals surface area contributed by atoms with Crippen LogP contribution in [0.3, 0.4) is 0 Å². The number of aromatic nitrogens is 1. The van der Waals surface area contributed by atoms with Gasteiger partial charge in [-0.3, -0.25) is 4.79 Å². The van der Waals surface area contributed by atoms with E-state index in [0.29, 0.717) is 6.42 Å². The first-order valence-electron chi connectivity index (χ1n) is 9.34. The van der Waals surface area contributed by atoms with Gasteiger partial charge in [-0.05, 0) is 65.0 Å². The van der Waals surface area contributed by atoms with Crippen LogP contribution >= 0.6 is 15.9 Å². The first-order chi connectivity index (χ1) is 13.1. The molecule has 2 aromatic rings. The summed E-state index contributed by atoms with van der Waals surface area (Å²) in [6, 6.07) is 10.0. The minimum absolute atomic E-state index is 0.230. The molecule has 1 fully saturated rings.